The van der Waals surface area contributed by atoms with Crippen LogP contribution in [0.3, 0.4) is 0 Å². The number of hydrogen-bond acceptors (Lipinski definition) is 4. The minimum Gasteiger partial charge on any atom is -0.250 e. The molecule has 2 aromatic heterocycles. The van der Waals surface area contributed by atoms with Crippen molar-refractivity contribution in [3.63, 3.8) is 0 Å². The van der Waals surface area contributed by atoms with Crippen molar-refractivity contribution < 1.29 is 13.2 Å². The average Bonchev–Trinajstić information content (AvgIpc) is 2.70. The Hall–Kier alpha value is -2.13. The van der Waals surface area contributed by atoms with Gasteiger partial charge in [-0.05, 0) is 10.4 Å². The van der Waals surface area contributed by atoms with E-state index in [0.29, 0.717) is 10.7 Å². The van der Waals surface area contributed by atoms with E-state index in [4.69, 9.17) is 0 Å². The number of alkyl halides is 3. The molecule has 0 amide bonds. The molecule has 2 aromatic rings. The molecule has 0 saturated carbocycles. The van der Waals surface area contributed by atoms with Crippen LogP contribution in [-0.2, 0) is 13.2 Å². The number of H-pyrrole nitrogens is 1. The molecule has 10 heteroatoms. The van der Waals surface area contributed by atoms with Gasteiger partial charge in [0.05, 0.1) is 0 Å². The van der Waals surface area contributed by atoms with Crippen molar-refractivity contribution in [2.75, 3.05) is 0 Å². The van der Waals surface area contributed by atoms with Crippen LogP contribution in [0.5, 0.6) is 0 Å². The summed E-state index contributed by atoms with van der Waals surface area (Å²) in [6.45, 7) is 0. The van der Waals surface area contributed by atoms with Crippen molar-refractivity contribution in [2.24, 2.45) is 7.05 Å². The highest BCUT2D eigenvalue weighted by Crippen LogP contribution is 2.28. The smallest absolute Gasteiger partial charge is 0.250 e. The van der Waals surface area contributed by atoms with Gasteiger partial charge in [0, 0.05) is 13.1 Å². The molecule has 0 atom stereocenters. The molecule has 16 heavy (non-hydrogen) atoms. The van der Waals surface area contributed by atoms with E-state index < -0.39 is 17.6 Å². The largest absolute Gasteiger partial charge is 0.435 e. The SMILES string of the molecule is Cn1nc(C(F)(F)F)cc1-n1nn[nH]c1=O. The summed E-state index contributed by atoms with van der Waals surface area (Å²) >= 11 is 0. The Bertz CT molecular complexity index is 563. The van der Waals surface area contributed by atoms with Crippen LogP contribution in [-0.4, -0.2) is 30.0 Å². The van der Waals surface area contributed by atoms with E-state index in [0.717, 1.165) is 4.68 Å². The van der Waals surface area contributed by atoms with Crippen molar-refractivity contribution in [3.05, 3.63) is 22.2 Å². The minimum absolute atomic E-state index is 0.119. The predicted molar refractivity (Wildman–Crippen MR) is 43.7 cm³/mol. The second kappa shape index (κ2) is 3.18. The van der Waals surface area contributed by atoms with Crippen molar-refractivity contribution in [1.29, 1.82) is 0 Å². The summed E-state index contributed by atoms with van der Waals surface area (Å²) in [7, 11) is 1.27. The lowest BCUT2D eigenvalue weighted by Gasteiger charge is -1.98. The average molecular weight is 234 g/mol. The third-order valence-electron chi connectivity index (χ3n) is 1.83. The lowest BCUT2D eigenvalue weighted by atomic mass is 10.4. The molecule has 86 valence electrons. The van der Waals surface area contributed by atoms with Crippen molar-refractivity contribution in [3.8, 4) is 5.82 Å². The molecule has 0 radical (unpaired) electrons. The second-order valence-electron chi connectivity index (χ2n) is 2.93. The maximum Gasteiger partial charge on any atom is 0.435 e. The number of aryl methyl sites for hydroxylation is 1. The maximum atomic E-state index is 12.3. The van der Waals surface area contributed by atoms with E-state index in [1.807, 2.05) is 5.10 Å². The summed E-state index contributed by atoms with van der Waals surface area (Å²) in [4.78, 5) is 11.1. The summed E-state index contributed by atoms with van der Waals surface area (Å²) in [5.74, 6) is -0.119. The van der Waals surface area contributed by atoms with Gasteiger partial charge in [-0.1, -0.05) is 0 Å². The molecule has 7 nitrogen and oxygen atoms in total. The zero-order valence-electron chi connectivity index (χ0n) is 7.86. The van der Waals surface area contributed by atoms with E-state index in [-0.39, 0.29) is 5.82 Å². The Morgan fingerprint density at radius 3 is 2.56 bits per heavy atom. The Labute approximate surface area is 85.5 Å². The fraction of sp³-hybridized carbons (Fsp3) is 0.333. The highest BCUT2D eigenvalue weighted by molar-refractivity contribution is 5.25. The zero-order chi connectivity index (χ0) is 11.9. The second-order valence-corrected chi connectivity index (χ2v) is 2.93. The summed E-state index contributed by atoms with van der Waals surface area (Å²) < 4.78 is 38.5. The highest BCUT2D eigenvalue weighted by Gasteiger charge is 2.35. The monoisotopic (exact) mass is 234 g/mol. The third-order valence-corrected chi connectivity index (χ3v) is 1.83. The predicted octanol–water partition coefficient (Wildman–Crippen LogP) is -0.292. The Balaban J connectivity index is 2.56. The van der Waals surface area contributed by atoms with Gasteiger partial charge in [0.1, 0.15) is 0 Å². The Morgan fingerprint density at radius 2 is 2.12 bits per heavy atom. The number of hydrogen-bond donors (Lipinski definition) is 1. The van der Waals surface area contributed by atoms with Gasteiger partial charge in [-0.15, -0.1) is 4.68 Å². The van der Waals surface area contributed by atoms with Gasteiger partial charge >= 0.3 is 11.9 Å². The number of tetrazole rings is 1. The minimum atomic E-state index is -4.57. The van der Waals surface area contributed by atoms with Crippen LogP contribution >= 0.6 is 0 Å². The van der Waals surface area contributed by atoms with E-state index in [1.54, 1.807) is 0 Å². The van der Waals surface area contributed by atoms with Crippen molar-refractivity contribution >= 4 is 0 Å². The number of aromatic nitrogens is 6. The molecule has 1 N–H and O–H groups in total. The Morgan fingerprint density at radius 1 is 1.44 bits per heavy atom. The first-order chi connectivity index (χ1) is 7.39. The molecule has 0 unspecified atom stereocenters. The van der Waals surface area contributed by atoms with Gasteiger partial charge in [-0.2, -0.15) is 18.3 Å². The first kappa shape index (κ1) is 10.4. The fourth-order valence-corrected chi connectivity index (χ4v) is 1.14. The first-order valence-corrected chi connectivity index (χ1v) is 4.01. The Kier molecular flexibility index (Phi) is 2.07. The van der Waals surface area contributed by atoms with Crippen molar-refractivity contribution in [1.82, 2.24) is 30.0 Å². The molecule has 0 fully saturated rings. The lowest BCUT2D eigenvalue weighted by molar-refractivity contribution is -0.141. The summed E-state index contributed by atoms with van der Waals surface area (Å²) in [5, 5.41) is 11.7. The molecule has 0 aliphatic rings. The van der Waals surface area contributed by atoms with Crippen LogP contribution in [0.15, 0.2) is 10.9 Å². The number of rotatable bonds is 1. The van der Waals surface area contributed by atoms with Gasteiger partial charge in [0.25, 0.3) is 0 Å². The molecular formula is C6H5F3N6O. The molecule has 0 aliphatic carbocycles. The van der Waals surface area contributed by atoms with Crippen LogP contribution < -0.4 is 5.69 Å². The molecule has 0 aromatic carbocycles. The van der Waals surface area contributed by atoms with E-state index in [9.17, 15) is 18.0 Å². The van der Waals surface area contributed by atoms with Crippen LogP contribution in [0.25, 0.3) is 5.82 Å². The van der Waals surface area contributed by atoms with Crippen LogP contribution in [0.2, 0.25) is 0 Å². The van der Waals surface area contributed by atoms with E-state index >= 15 is 0 Å². The number of nitrogens with one attached hydrogen (secondary N) is 1. The molecule has 0 bridgehead atoms. The normalized spacial score (nSPS) is 12.0. The van der Waals surface area contributed by atoms with Gasteiger partial charge in [0.15, 0.2) is 11.5 Å². The third kappa shape index (κ3) is 1.57. The fourth-order valence-electron chi connectivity index (χ4n) is 1.14. The zero-order valence-corrected chi connectivity index (χ0v) is 7.86. The van der Waals surface area contributed by atoms with Gasteiger partial charge < -0.3 is 0 Å². The van der Waals surface area contributed by atoms with E-state index in [2.05, 4.69) is 15.5 Å². The standard InChI is InChI=1S/C6H5F3N6O/c1-14-4(15-5(16)10-12-13-15)2-3(11-14)6(7,8)9/h2H,1H3,(H,10,13,16). The van der Waals surface area contributed by atoms with Crippen LogP contribution in [0, 0.1) is 0 Å². The van der Waals surface area contributed by atoms with Crippen LogP contribution in [0.1, 0.15) is 5.69 Å². The first-order valence-electron chi connectivity index (χ1n) is 4.01. The van der Waals surface area contributed by atoms with Gasteiger partial charge in [-0.25, -0.2) is 9.89 Å². The van der Waals surface area contributed by atoms with Gasteiger partial charge in [0.2, 0.25) is 0 Å². The maximum absolute atomic E-state index is 12.3. The summed E-state index contributed by atoms with van der Waals surface area (Å²) in [6, 6.07) is 0.712. The van der Waals surface area contributed by atoms with Crippen molar-refractivity contribution in [2.45, 2.75) is 6.18 Å². The number of aromatic amines is 1. The summed E-state index contributed by atoms with van der Waals surface area (Å²) in [5.41, 5.74) is -1.84. The molecule has 2 heterocycles. The molecule has 0 aliphatic heterocycles. The molecule has 0 spiro atoms. The molecular weight excluding hydrogens is 229 g/mol. The summed E-state index contributed by atoms with van der Waals surface area (Å²) in [6.07, 6.45) is -4.57. The topological polar surface area (TPSA) is 81.4 Å². The number of nitrogens with zero attached hydrogens (tertiary/aromatic N) is 5. The lowest BCUT2D eigenvalue weighted by Crippen LogP contribution is -2.18. The quantitative estimate of drug-likeness (QED) is 0.734. The molecule has 2 rings (SSSR count). The number of halogens is 3. The van der Waals surface area contributed by atoms with Crippen LogP contribution in [0.4, 0.5) is 13.2 Å². The van der Waals surface area contributed by atoms with E-state index in [1.165, 1.54) is 7.05 Å². The molecule has 0 saturated heterocycles. The van der Waals surface area contributed by atoms with Gasteiger partial charge in [-0.3, -0.25) is 4.68 Å². The highest BCUT2D eigenvalue weighted by atomic mass is 19.4.